The molecule has 16 heavy (non-hydrogen) atoms. The van der Waals surface area contributed by atoms with Crippen molar-refractivity contribution in [3.8, 4) is 0 Å². The second-order valence-electron chi connectivity index (χ2n) is 3.84. The average molecular weight is 238 g/mol. The molecule has 0 radical (unpaired) electrons. The van der Waals surface area contributed by atoms with Crippen LogP contribution in [0.15, 0.2) is 23.2 Å². The van der Waals surface area contributed by atoms with Gasteiger partial charge in [0.05, 0.1) is 0 Å². The van der Waals surface area contributed by atoms with Crippen LogP contribution in [0.4, 0.5) is 5.82 Å². The number of anilines is 1. The maximum atomic E-state index is 5.36. The van der Waals surface area contributed by atoms with Gasteiger partial charge < -0.3 is 10.1 Å². The molecule has 0 amide bonds. The van der Waals surface area contributed by atoms with Gasteiger partial charge >= 0.3 is 0 Å². The van der Waals surface area contributed by atoms with Crippen LogP contribution in [0.3, 0.4) is 0 Å². The van der Waals surface area contributed by atoms with Crippen LogP contribution in [0.25, 0.3) is 0 Å². The topological polar surface area (TPSA) is 34.1 Å². The summed E-state index contributed by atoms with van der Waals surface area (Å²) in [4.78, 5) is 5.58. The van der Waals surface area contributed by atoms with Crippen LogP contribution in [-0.4, -0.2) is 30.0 Å². The molecule has 0 atom stereocenters. The van der Waals surface area contributed by atoms with Gasteiger partial charge in [0.2, 0.25) is 0 Å². The summed E-state index contributed by atoms with van der Waals surface area (Å²) in [6, 6.07) is 4.21. The minimum absolute atomic E-state index is 0.700. The quantitative estimate of drug-likeness (QED) is 0.874. The molecular formula is C12H18N2OS. The van der Waals surface area contributed by atoms with Crippen molar-refractivity contribution in [1.82, 2.24) is 4.98 Å². The maximum absolute atomic E-state index is 5.36. The molecule has 1 aromatic heterocycles. The first-order valence-corrected chi connectivity index (χ1v) is 6.71. The van der Waals surface area contributed by atoms with E-state index in [4.69, 9.17) is 4.74 Å². The molecule has 0 aliphatic carbocycles. The Kier molecular flexibility index (Phi) is 4.48. The number of aromatic nitrogens is 1. The third-order valence-corrected chi connectivity index (χ3v) is 3.89. The lowest BCUT2D eigenvalue weighted by molar-refractivity contribution is 0.100. The predicted octanol–water partition coefficient (Wildman–Crippen LogP) is 2.78. The van der Waals surface area contributed by atoms with Gasteiger partial charge in [0, 0.05) is 36.1 Å². The number of thioether (sulfide) groups is 1. The third-order valence-electron chi connectivity index (χ3n) is 2.56. The number of ether oxygens (including phenoxy) is 1. The fourth-order valence-electron chi connectivity index (χ4n) is 1.75. The van der Waals surface area contributed by atoms with Gasteiger partial charge in [-0.05, 0) is 31.9 Å². The summed E-state index contributed by atoms with van der Waals surface area (Å²) >= 11 is 1.94. The Morgan fingerprint density at radius 1 is 1.50 bits per heavy atom. The molecular weight excluding hydrogens is 220 g/mol. The number of hydrogen-bond donors (Lipinski definition) is 1. The molecule has 3 nitrogen and oxygen atoms in total. The van der Waals surface area contributed by atoms with Crippen LogP contribution in [0.1, 0.15) is 19.8 Å². The van der Waals surface area contributed by atoms with Crippen LogP contribution in [-0.2, 0) is 4.74 Å². The van der Waals surface area contributed by atoms with E-state index in [9.17, 15) is 0 Å². The van der Waals surface area contributed by atoms with E-state index < -0.39 is 0 Å². The predicted molar refractivity (Wildman–Crippen MR) is 68.1 cm³/mol. The van der Waals surface area contributed by atoms with Crippen LogP contribution < -0.4 is 5.32 Å². The number of pyridine rings is 1. The highest BCUT2D eigenvalue weighted by Crippen LogP contribution is 2.30. The van der Waals surface area contributed by atoms with E-state index in [-0.39, 0.29) is 0 Å². The van der Waals surface area contributed by atoms with Crippen LogP contribution >= 0.6 is 11.8 Å². The Bertz CT molecular complexity index is 327. The highest BCUT2D eigenvalue weighted by atomic mass is 32.2. The van der Waals surface area contributed by atoms with Crippen LogP contribution in [0.5, 0.6) is 0 Å². The van der Waals surface area contributed by atoms with E-state index in [0.29, 0.717) is 5.25 Å². The molecule has 1 aromatic rings. The fourth-order valence-corrected chi connectivity index (χ4v) is 2.88. The van der Waals surface area contributed by atoms with Crippen molar-refractivity contribution in [2.75, 3.05) is 25.1 Å². The van der Waals surface area contributed by atoms with Crippen molar-refractivity contribution in [2.24, 2.45) is 0 Å². The van der Waals surface area contributed by atoms with Crippen LogP contribution in [0, 0.1) is 0 Å². The maximum Gasteiger partial charge on any atom is 0.126 e. The number of nitrogens with zero attached hydrogens (tertiary/aromatic N) is 1. The molecule has 1 aliphatic heterocycles. The molecule has 0 unspecified atom stereocenters. The highest BCUT2D eigenvalue weighted by molar-refractivity contribution is 8.00. The van der Waals surface area contributed by atoms with Crippen LogP contribution in [0.2, 0.25) is 0 Å². The second-order valence-corrected chi connectivity index (χ2v) is 5.21. The lowest BCUT2D eigenvalue weighted by atomic mass is 10.2. The molecule has 1 saturated heterocycles. The standard InChI is InChI=1S/C12H18N2OS/c1-2-13-12-9-11(3-6-14-12)16-10-4-7-15-8-5-10/h3,6,9-10H,2,4-5,7-8H2,1H3,(H,13,14). The minimum atomic E-state index is 0.700. The number of rotatable bonds is 4. The first kappa shape index (κ1) is 11.7. The van der Waals surface area contributed by atoms with Gasteiger partial charge in [-0.3, -0.25) is 0 Å². The van der Waals surface area contributed by atoms with Gasteiger partial charge in [-0.25, -0.2) is 4.98 Å². The molecule has 4 heteroatoms. The van der Waals surface area contributed by atoms with Crippen molar-refractivity contribution in [3.63, 3.8) is 0 Å². The zero-order valence-electron chi connectivity index (χ0n) is 9.61. The van der Waals surface area contributed by atoms with Gasteiger partial charge in [0.1, 0.15) is 5.82 Å². The zero-order valence-corrected chi connectivity index (χ0v) is 10.4. The summed E-state index contributed by atoms with van der Waals surface area (Å²) in [6.45, 7) is 4.81. The third kappa shape index (κ3) is 3.39. The van der Waals surface area contributed by atoms with E-state index in [1.165, 1.54) is 4.90 Å². The van der Waals surface area contributed by atoms with Crippen molar-refractivity contribution < 1.29 is 4.74 Å². The summed E-state index contributed by atoms with van der Waals surface area (Å²) in [5, 5.41) is 3.94. The smallest absolute Gasteiger partial charge is 0.126 e. The monoisotopic (exact) mass is 238 g/mol. The van der Waals surface area contributed by atoms with E-state index in [1.807, 2.05) is 18.0 Å². The second kappa shape index (κ2) is 6.11. The largest absolute Gasteiger partial charge is 0.381 e. The molecule has 0 aromatic carbocycles. The summed E-state index contributed by atoms with van der Waals surface area (Å²) in [6.07, 6.45) is 4.19. The lowest BCUT2D eigenvalue weighted by Crippen LogP contribution is -2.17. The van der Waals surface area contributed by atoms with Gasteiger partial charge in [-0.1, -0.05) is 0 Å². The summed E-state index contributed by atoms with van der Waals surface area (Å²) < 4.78 is 5.36. The molecule has 1 N–H and O–H groups in total. The van der Waals surface area contributed by atoms with E-state index >= 15 is 0 Å². The van der Waals surface area contributed by atoms with E-state index in [0.717, 1.165) is 38.4 Å². The van der Waals surface area contributed by atoms with Gasteiger partial charge in [-0.2, -0.15) is 0 Å². The molecule has 2 heterocycles. The Balaban J connectivity index is 1.94. The SMILES string of the molecule is CCNc1cc(SC2CCOCC2)ccn1. The molecule has 2 rings (SSSR count). The van der Waals surface area contributed by atoms with Gasteiger partial charge in [-0.15, -0.1) is 11.8 Å². The Labute approximate surface area is 101 Å². The highest BCUT2D eigenvalue weighted by Gasteiger charge is 2.14. The van der Waals surface area contributed by atoms with Crippen molar-refractivity contribution in [1.29, 1.82) is 0 Å². The minimum Gasteiger partial charge on any atom is -0.381 e. The number of nitrogens with one attached hydrogen (secondary N) is 1. The van der Waals surface area contributed by atoms with E-state index in [2.05, 4.69) is 29.4 Å². The van der Waals surface area contributed by atoms with Gasteiger partial charge in [0.15, 0.2) is 0 Å². The summed E-state index contributed by atoms with van der Waals surface area (Å²) in [7, 11) is 0. The summed E-state index contributed by atoms with van der Waals surface area (Å²) in [5.41, 5.74) is 0. The van der Waals surface area contributed by atoms with Gasteiger partial charge in [0.25, 0.3) is 0 Å². The molecule has 1 aliphatic rings. The molecule has 0 saturated carbocycles. The Hall–Kier alpha value is -0.740. The lowest BCUT2D eigenvalue weighted by Gasteiger charge is -2.21. The Morgan fingerprint density at radius 2 is 2.31 bits per heavy atom. The first-order chi connectivity index (χ1) is 7.88. The van der Waals surface area contributed by atoms with Crippen molar-refractivity contribution in [2.45, 2.75) is 29.9 Å². The first-order valence-electron chi connectivity index (χ1n) is 5.83. The van der Waals surface area contributed by atoms with Crippen molar-refractivity contribution in [3.05, 3.63) is 18.3 Å². The molecule has 1 fully saturated rings. The molecule has 0 spiro atoms. The normalized spacial score (nSPS) is 17.3. The number of hydrogen-bond acceptors (Lipinski definition) is 4. The van der Waals surface area contributed by atoms with Crippen molar-refractivity contribution >= 4 is 17.6 Å². The fraction of sp³-hybridized carbons (Fsp3) is 0.583. The zero-order chi connectivity index (χ0) is 11.2. The Morgan fingerprint density at radius 3 is 3.06 bits per heavy atom. The average Bonchev–Trinajstić information content (AvgIpc) is 2.31. The summed E-state index contributed by atoms with van der Waals surface area (Å²) in [5.74, 6) is 0.972. The van der Waals surface area contributed by atoms with E-state index in [1.54, 1.807) is 0 Å². The molecule has 0 bridgehead atoms. The molecule has 88 valence electrons.